The Hall–Kier alpha value is -2.72. The summed E-state index contributed by atoms with van der Waals surface area (Å²) in [4.78, 5) is 18.6. The Bertz CT molecular complexity index is 800. The molecule has 0 saturated carbocycles. The molecule has 0 spiro atoms. The summed E-state index contributed by atoms with van der Waals surface area (Å²) < 4.78 is 34.2. The zero-order valence-electron chi connectivity index (χ0n) is 15.8. The van der Waals surface area contributed by atoms with Gasteiger partial charge in [0.2, 0.25) is 0 Å². The normalized spacial score (nSPS) is 16.4. The van der Waals surface area contributed by atoms with Crippen LogP contribution in [-0.2, 0) is 16.1 Å². The van der Waals surface area contributed by atoms with Crippen LogP contribution in [0.25, 0.3) is 0 Å². The monoisotopic (exact) mass is 394 g/mol. The molecule has 1 aliphatic heterocycles. The van der Waals surface area contributed by atoms with Gasteiger partial charge in [-0.25, -0.2) is 9.18 Å². The van der Waals surface area contributed by atoms with Gasteiger partial charge in [0, 0.05) is 25.4 Å². The number of carbonyl (C=O) groups is 1. The molecule has 3 rings (SSSR count). The van der Waals surface area contributed by atoms with Gasteiger partial charge in [-0.05, 0) is 25.0 Å². The van der Waals surface area contributed by atoms with E-state index in [1.54, 1.807) is 18.1 Å². The quantitative estimate of drug-likeness (QED) is 0.687. The molecule has 1 unspecified atom stereocenters. The van der Waals surface area contributed by atoms with Crippen LogP contribution in [0.4, 0.5) is 14.9 Å². The minimum Gasteiger partial charge on any atom is -0.494 e. The number of anilines is 1. The van der Waals surface area contributed by atoms with Gasteiger partial charge in [0.05, 0.1) is 26.4 Å². The number of rotatable bonds is 8. The number of nitrogens with one attached hydrogen (secondary N) is 1. The zero-order chi connectivity index (χ0) is 19.9. The molecule has 10 heteroatoms. The average molecular weight is 394 g/mol. The summed E-state index contributed by atoms with van der Waals surface area (Å²) in [6.45, 7) is 1.62. The van der Waals surface area contributed by atoms with Gasteiger partial charge in [-0.15, -0.1) is 0 Å². The van der Waals surface area contributed by atoms with Gasteiger partial charge in [0.15, 0.2) is 17.4 Å². The second kappa shape index (κ2) is 9.47. The fourth-order valence-electron chi connectivity index (χ4n) is 2.98. The summed E-state index contributed by atoms with van der Waals surface area (Å²) in [6.07, 6.45) is 1.52. The van der Waals surface area contributed by atoms with E-state index in [4.69, 9.17) is 18.7 Å². The Morgan fingerprint density at radius 3 is 3.00 bits per heavy atom. The van der Waals surface area contributed by atoms with Crippen LogP contribution < -0.4 is 10.1 Å². The maximum atomic E-state index is 13.8. The maximum Gasteiger partial charge on any atom is 0.322 e. The van der Waals surface area contributed by atoms with Crippen LogP contribution >= 0.6 is 0 Å². The Balaban J connectivity index is 1.61. The number of aromatic nitrogens is 2. The van der Waals surface area contributed by atoms with Crippen LogP contribution in [0, 0.1) is 5.82 Å². The van der Waals surface area contributed by atoms with Crippen molar-refractivity contribution in [1.82, 2.24) is 15.0 Å². The fourth-order valence-corrected chi connectivity index (χ4v) is 2.98. The lowest BCUT2D eigenvalue weighted by molar-refractivity contribution is 0.0494. The molecule has 9 nitrogen and oxygen atoms in total. The first-order chi connectivity index (χ1) is 13.6. The number of ether oxygens (including phenoxy) is 3. The summed E-state index contributed by atoms with van der Waals surface area (Å²) in [6, 6.07) is 3.59. The molecule has 1 aliphatic rings. The number of urea groups is 1. The highest BCUT2D eigenvalue weighted by Crippen LogP contribution is 2.31. The minimum atomic E-state index is -0.547. The summed E-state index contributed by atoms with van der Waals surface area (Å²) in [5.74, 6) is 0.341. The molecule has 1 fully saturated rings. The second-order valence-corrected chi connectivity index (χ2v) is 6.22. The number of methoxy groups -OCH3 is 2. The molecule has 28 heavy (non-hydrogen) atoms. The molecule has 2 aromatic rings. The van der Waals surface area contributed by atoms with Crippen LogP contribution in [0.5, 0.6) is 5.75 Å². The van der Waals surface area contributed by atoms with Gasteiger partial charge in [-0.3, -0.25) is 0 Å². The Morgan fingerprint density at radius 1 is 1.39 bits per heavy atom. The first-order valence-electron chi connectivity index (χ1n) is 8.92. The highest BCUT2D eigenvalue weighted by molar-refractivity contribution is 5.89. The highest BCUT2D eigenvalue weighted by atomic mass is 19.1. The van der Waals surface area contributed by atoms with Crippen LogP contribution in [0.1, 0.15) is 30.6 Å². The molecular formula is C18H23FN4O5. The average Bonchev–Trinajstić information content (AvgIpc) is 3.34. The predicted octanol–water partition coefficient (Wildman–Crippen LogP) is 2.75. The van der Waals surface area contributed by atoms with Crippen molar-refractivity contribution in [3.8, 4) is 5.75 Å². The standard InChI is InChI=1S/C18H23FN4O5/c1-25-8-9-27-11-16-21-17(22-28-16)14-4-3-7-23(14)18(24)20-12-5-6-15(26-2)13(19)10-12/h5-6,10,14H,3-4,7-9,11H2,1-2H3,(H,20,24). The van der Waals surface area contributed by atoms with Crippen molar-refractivity contribution < 1.29 is 27.9 Å². The number of carbonyl (C=O) groups excluding carboxylic acids is 1. The summed E-state index contributed by atoms with van der Waals surface area (Å²) in [7, 11) is 2.97. The zero-order valence-corrected chi connectivity index (χ0v) is 15.8. The van der Waals surface area contributed by atoms with E-state index in [0.29, 0.717) is 43.6 Å². The summed E-state index contributed by atoms with van der Waals surface area (Å²) in [5, 5.41) is 6.68. The van der Waals surface area contributed by atoms with Crippen molar-refractivity contribution >= 4 is 11.7 Å². The molecule has 1 aromatic carbocycles. The molecule has 1 aromatic heterocycles. The molecule has 0 radical (unpaired) electrons. The van der Waals surface area contributed by atoms with Crippen molar-refractivity contribution in [2.45, 2.75) is 25.5 Å². The Kier molecular flexibility index (Phi) is 6.77. The van der Waals surface area contributed by atoms with E-state index in [0.717, 1.165) is 6.42 Å². The highest BCUT2D eigenvalue weighted by Gasteiger charge is 2.33. The molecule has 2 heterocycles. The molecular weight excluding hydrogens is 371 g/mol. The molecule has 152 valence electrons. The van der Waals surface area contributed by atoms with E-state index in [9.17, 15) is 9.18 Å². The maximum absolute atomic E-state index is 13.8. The SMILES string of the molecule is COCCOCc1nc(C2CCCN2C(=O)Nc2ccc(OC)c(F)c2)no1. The lowest BCUT2D eigenvalue weighted by Crippen LogP contribution is -2.34. The van der Waals surface area contributed by atoms with Crippen molar-refractivity contribution in [3.63, 3.8) is 0 Å². The van der Waals surface area contributed by atoms with E-state index in [-0.39, 0.29) is 24.4 Å². The predicted molar refractivity (Wildman–Crippen MR) is 96.5 cm³/mol. The van der Waals surface area contributed by atoms with Crippen LogP contribution in [0.2, 0.25) is 0 Å². The topological polar surface area (TPSA) is 99.0 Å². The molecule has 2 amide bonds. The number of nitrogens with zero attached hydrogens (tertiary/aromatic N) is 3. The number of halogens is 1. The van der Waals surface area contributed by atoms with E-state index in [1.807, 2.05) is 0 Å². The van der Waals surface area contributed by atoms with E-state index in [1.165, 1.54) is 19.2 Å². The number of likely N-dealkylation sites (tertiary alicyclic amines) is 1. The van der Waals surface area contributed by atoms with Crippen molar-refractivity contribution in [2.75, 3.05) is 39.3 Å². The summed E-state index contributed by atoms with van der Waals surface area (Å²) >= 11 is 0. The van der Waals surface area contributed by atoms with E-state index >= 15 is 0 Å². The summed E-state index contributed by atoms with van der Waals surface area (Å²) in [5.41, 5.74) is 0.342. The van der Waals surface area contributed by atoms with Crippen molar-refractivity contribution in [2.24, 2.45) is 0 Å². The van der Waals surface area contributed by atoms with Gasteiger partial charge >= 0.3 is 6.03 Å². The van der Waals surface area contributed by atoms with Crippen LogP contribution in [0.3, 0.4) is 0 Å². The van der Waals surface area contributed by atoms with Crippen molar-refractivity contribution in [3.05, 3.63) is 35.7 Å². The third-order valence-corrected chi connectivity index (χ3v) is 4.36. The molecule has 1 N–H and O–H groups in total. The van der Waals surface area contributed by atoms with Crippen LogP contribution in [-0.4, -0.2) is 55.0 Å². The second-order valence-electron chi connectivity index (χ2n) is 6.22. The minimum absolute atomic E-state index is 0.115. The number of hydrogen-bond donors (Lipinski definition) is 1. The first kappa shape index (κ1) is 20.0. The molecule has 0 bridgehead atoms. The lowest BCUT2D eigenvalue weighted by atomic mass is 10.2. The van der Waals surface area contributed by atoms with E-state index in [2.05, 4.69) is 15.5 Å². The number of amides is 2. The fraction of sp³-hybridized carbons (Fsp3) is 0.500. The van der Waals surface area contributed by atoms with Crippen LogP contribution in [0.15, 0.2) is 22.7 Å². The van der Waals surface area contributed by atoms with Crippen molar-refractivity contribution in [1.29, 1.82) is 0 Å². The number of benzene rings is 1. The third-order valence-electron chi connectivity index (χ3n) is 4.36. The third kappa shape index (κ3) is 4.76. The molecule has 0 aliphatic carbocycles. The first-order valence-corrected chi connectivity index (χ1v) is 8.92. The number of hydrogen-bond acceptors (Lipinski definition) is 7. The molecule has 1 saturated heterocycles. The van der Waals surface area contributed by atoms with Gasteiger partial charge in [0.25, 0.3) is 5.89 Å². The molecule has 1 atom stereocenters. The van der Waals surface area contributed by atoms with Gasteiger partial charge in [-0.1, -0.05) is 5.16 Å². The lowest BCUT2D eigenvalue weighted by Gasteiger charge is -2.22. The largest absolute Gasteiger partial charge is 0.494 e. The van der Waals surface area contributed by atoms with Gasteiger partial charge in [-0.2, -0.15) is 4.98 Å². The smallest absolute Gasteiger partial charge is 0.322 e. The van der Waals surface area contributed by atoms with Gasteiger partial charge < -0.3 is 29.0 Å². The van der Waals surface area contributed by atoms with E-state index < -0.39 is 5.82 Å². The Morgan fingerprint density at radius 2 is 2.25 bits per heavy atom. The Labute approximate surface area is 161 Å². The van der Waals surface area contributed by atoms with Gasteiger partial charge in [0.1, 0.15) is 6.61 Å².